The van der Waals surface area contributed by atoms with E-state index in [-0.39, 0.29) is 0 Å². The Balaban J connectivity index is 3.68. The molecule has 0 spiro atoms. The van der Waals surface area contributed by atoms with Gasteiger partial charge in [0, 0.05) is 4.86 Å². The van der Waals surface area contributed by atoms with Crippen LogP contribution < -0.4 is 0 Å². The number of rotatable bonds is 1. The minimum atomic E-state index is -2.18. The van der Waals surface area contributed by atoms with Gasteiger partial charge in [0.05, 0.1) is 5.56 Å². The largest absolute Gasteiger partial charge is 0.203 e. The summed E-state index contributed by atoms with van der Waals surface area (Å²) in [7, 11) is 0. The molecule has 0 saturated heterocycles. The van der Waals surface area contributed by atoms with Crippen LogP contribution >= 0.6 is 12.2 Å². The lowest BCUT2D eigenvalue weighted by molar-refractivity contribution is 0.377. The van der Waals surface area contributed by atoms with Crippen LogP contribution in [0.15, 0.2) is 0 Å². The molecule has 0 aliphatic heterocycles. The first kappa shape index (κ1) is 11.0. The first-order valence-electron chi connectivity index (χ1n) is 3.40. The molecule has 76 valence electrons. The van der Waals surface area contributed by atoms with Crippen molar-refractivity contribution in [2.75, 3.05) is 0 Å². The van der Waals surface area contributed by atoms with Crippen LogP contribution in [-0.4, -0.2) is 4.86 Å². The van der Waals surface area contributed by atoms with E-state index in [1.54, 1.807) is 0 Å². The van der Waals surface area contributed by atoms with Crippen LogP contribution in [0.5, 0.6) is 0 Å². The lowest BCUT2D eigenvalue weighted by atomic mass is 10.1. The van der Waals surface area contributed by atoms with Crippen LogP contribution in [0.4, 0.5) is 22.0 Å². The molecule has 0 aliphatic rings. The van der Waals surface area contributed by atoms with E-state index in [0.717, 1.165) is 6.92 Å². The topological polar surface area (TPSA) is 0 Å². The Morgan fingerprint density at radius 2 is 1.07 bits per heavy atom. The third-order valence-electron chi connectivity index (χ3n) is 1.56. The number of halogens is 5. The van der Waals surface area contributed by atoms with Gasteiger partial charge in [-0.3, -0.25) is 0 Å². The maximum Gasteiger partial charge on any atom is 0.200 e. The summed E-state index contributed by atoms with van der Waals surface area (Å²) < 4.78 is 63.3. The fourth-order valence-corrected chi connectivity index (χ4v) is 1.09. The lowest BCUT2D eigenvalue weighted by Crippen LogP contribution is -2.09. The number of benzene rings is 1. The summed E-state index contributed by atoms with van der Waals surface area (Å²) in [5.41, 5.74) is -1.05. The van der Waals surface area contributed by atoms with Gasteiger partial charge in [-0.05, 0) is 6.92 Å². The Hall–Kier alpha value is -1.04. The van der Waals surface area contributed by atoms with Crippen molar-refractivity contribution in [2.24, 2.45) is 0 Å². The van der Waals surface area contributed by atoms with Crippen LogP contribution in [0, 0.1) is 29.1 Å². The Kier molecular flexibility index (Phi) is 2.84. The van der Waals surface area contributed by atoms with E-state index in [1.807, 2.05) is 0 Å². The smallest absolute Gasteiger partial charge is 0.200 e. The maximum atomic E-state index is 12.8. The molecule has 1 aromatic rings. The zero-order chi connectivity index (χ0) is 11.0. The molecule has 0 aromatic heterocycles. The minimum absolute atomic E-state index is 0.391. The Morgan fingerprint density at radius 3 is 1.36 bits per heavy atom. The van der Waals surface area contributed by atoms with Crippen LogP contribution in [0.2, 0.25) is 0 Å². The predicted molar refractivity (Wildman–Crippen MR) is 43.6 cm³/mol. The molecule has 0 fully saturated rings. The van der Waals surface area contributed by atoms with Crippen molar-refractivity contribution in [1.82, 2.24) is 0 Å². The van der Waals surface area contributed by atoms with E-state index in [1.165, 1.54) is 0 Å². The predicted octanol–water partition coefficient (Wildman–Crippen LogP) is 3.12. The summed E-state index contributed by atoms with van der Waals surface area (Å²) in [6.45, 7) is 1.08. The Labute approximate surface area is 81.3 Å². The van der Waals surface area contributed by atoms with Gasteiger partial charge in [0.15, 0.2) is 23.3 Å². The summed E-state index contributed by atoms with van der Waals surface area (Å²) >= 11 is 4.36. The molecule has 0 N–H and O–H groups in total. The second-order valence-corrected chi connectivity index (χ2v) is 3.11. The van der Waals surface area contributed by atoms with Crippen LogP contribution in [0.3, 0.4) is 0 Å². The van der Waals surface area contributed by atoms with E-state index in [9.17, 15) is 22.0 Å². The molecule has 0 amide bonds. The van der Waals surface area contributed by atoms with Crippen LogP contribution in [0.25, 0.3) is 0 Å². The lowest BCUT2D eigenvalue weighted by Gasteiger charge is -2.05. The van der Waals surface area contributed by atoms with Gasteiger partial charge in [0.2, 0.25) is 5.82 Å². The van der Waals surface area contributed by atoms with Gasteiger partial charge >= 0.3 is 0 Å². The van der Waals surface area contributed by atoms with Crippen molar-refractivity contribution < 1.29 is 22.0 Å². The molecule has 6 heteroatoms. The van der Waals surface area contributed by atoms with Gasteiger partial charge in [-0.25, -0.2) is 22.0 Å². The highest BCUT2D eigenvalue weighted by Gasteiger charge is 2.26. The van der Waals surface area contributed by atoms with Crippen molar-refractivity contribution in [3.05, 3.63) is 34.6 Å². The minimum Gasteiger partial charge on any atom is -0.203 e. The first-order chi connectivity index (χ1) is 6.37. The Morgan fingerprint density at radius 1 is 0.786 bits per heavy atom. The number of thiocarbonyl (C=S) groups is 1. The molecule has 1 aromatic carbocycles. The molecule has 0 unspecified atom stereocenters. The average Bonchev–Trinajstić information content (AvgIpc) is 2.11. The van der Waals surface area contributed by atoms with Crippen molar-refractivity contribution in [3.8, 4) is 0 Å². The third kappa shape index (κ3) is 1.50. The van der Waals surface area contributed by atoms with Crippen molar-refractivity contribution in [2.45, 2.75) is 6.92 Å². The van der Waals surface area contributed by atoms with Gasteiger partial charge in [0.1, 0.15) is 0 Å². The fourth-order valence-electron chi connectivity index (χ4n) is 0.914. The van der Waals surface area contributed by atoms with Gasteiger partial charge in [-0.1, -0.05) is 12.2 Å². The highest BCUT2D eigenvalue weighted by Crippen LogP contribution is 2.23. The summed E-state index contributed by atoms with van der Waals surface area (Å²) in [6.07, 6.45) is 0. The van der Waals surface area contributed by atoms with E-state index >= 15 is 0 Å². The number of hydrogen-bond donors (Lipinski definition) is 0. The monoisotopic (exact) mass is 226 g/mol. The van der Waals surface area contributed by atoms with Gasteiger partial charge in [0.25, 0.3) is 0 Å². The SMILES string of the molecule is CC(=S)c1c(F)c(F)c(F)c(F)c1F. The summed E-state index contributed by atoms with van der Waals surface area (Å²) in [5.74, 6) is -9.94. The molecule has 0 atom stereocenters. The maximum absolute atomic E-state index is 12.8. The number of hydrogen-bond acceptors (Lipinski definition) is 1. The quantitative estimate of drug-likeness (QED) is 0.233. The van der Waals surface area contributed by atoms with Crippen molar-refractivity contribution >= 4 is 17.1 Å². The molecule has 0 aliphatic carbocycles. The van der Waals surface area contributed by atoms with E-state index < -0.39 is 39.5 Å². The second-order valence-electron chi connectivity index (χ2n) is 2.50. The third-order valence-corrected chi connectivity index (χ3v) is 1.77. The fraction of sp³-hybridized carbons (Fsp3) is 0.125. The van der Waals surface area contributed by atoms with Crippen molar-refractivity contribution in [3.63, 3.8) is 0 Å². The highest BCUT2D eigenvalue weighted by atomic mass is 32.1. The van der Waals surface area contributed by atoms with Crippen LogP contribution in [-0.2, 0) is 0 Å². The molecule has 0 nitrogen and oxygen atoms in total. The molecular weight excluding hydrogens is 223 g/mol. The van der Waals surface area contributed by atoms with E-state index in [2.05, 4.69) is 12.2 Å². The molecule has 1 rings (SSSR count). The van der Waals surface area contributed by atoms with Crippen molar-refractivity contribution in [1.29, 1.82) is 0 Å². The van der Waals surface area contributed by atoms with E-state index in [4.69, 9.17) is 0 Å². The normalized spacial score (nSPS) is 10.4. The second kappa shape index (κ2) is 3.61. The highest BCUT2D eigenvalue weighted by molar-refractivity contribution is 7.80. The molecule has 0 bridgehead atoms. The van der Waals surface area contributed by atoms with Gasteiger partial charge in [-0.15, -0.1) is 0 Å². The molecular formula is C8H3F5S. The summed E-state index contributed by atoms with van der Waals surface area (Å²) in [6, 6.07) is 0. The summed E-state index contributed by atoms with van der Waals surface area (Å²) in [4.78, 5) is -0.391. The molecule has 14 heavy (non-hydrogen) atoms. The van der Waals surface area contributed by atoms with Gasteiger partial charge in [-0.2, -0.15) is 0 Å². The van der Waals surface area contributed by atoms with Crippen LogP contribution in [0.1, 0.15) is 12.5 Å². The zero-order valence-electron chi connectivity index (χ0n) is 6.80. The molecule has 0 heterocycles. The zero-order valence-corrected chi connectivity index (χ0v) is 7.61. The standard InChI is InChI=1S/C8H3F5S/c1-2(14)3-4(9)6(11)8(13)7(12)5(3)10/h1H3. The van der Waals surface area contributed by atoms with Gasteiger partial charge < -0.3 is 0 Å². The molecule has 0 saturated carbocycles. The average molecular weight is 226 g/mol. The summed E-state index contributed by atoms with van der Waals surface area (Å²) in [5, 5.41) is 0. The first-order valence-corrected chi connectivity index (χ1v) is 3.81. The van der Waals surface area contributed by atoms with E-state index in [0.29, 0.717) is 0 Å². The molecule has 0 radical (unpaired) electrons. The Bertz CT molecular complexity index is 384.